The molecule has 0 radical (unpaired) electrons. The van der Waals surface area contributed by atoms with Gasteiger partial charge >= 0.3 is 0 Å². The molecule has 1 N–H and O–H groups in total. The molecule has 1 aromatic carbocycles. The van der Waals surface area contributed by atoms with Crippen molar-refractivity contribution in [3.8, 4) is 0 Å². The van der Waals surface area contributed by atoms with Crippen LogP contribution in [0.25, 0.3) is 10.1 Å². The van der Waals surface area contributed by atoms with Crippen LogP contribution in [-0.2, 0) is 6.54 Å². The first-order valence-electron chi connectivity index (χ1n) is 7.22. The van der Waals surface area contributed by atoms with Crippen molar-refractivity contribution >= 4 is 21.4 Å². The summed E-state index contributed by atoms with van der Waals surface area (Å²) < 4.78 is 1.47. The van der Waals surface area contributed by atoms with E-state index in [0.29, 0.717) is 11.8 Å². The van der Waals surface area contributed by atoms with Crippen molar-refractivity contribution in [1.82, 2.24) is 5.32 Å². The van der Waals surface area contributed by atoms with Crippen LogP contribution in [0.2, 0.25) is 0 Å². The number of aryl methyl sites for hydroxylation is 1. The predicted molar refractivity (Wildman–Crippen MR) is 87.2 cm³/mol. The zero-order valence-electron chi connectivity index (χ0n) is 12.7. The van der Waals surface area contributed by atoms with E-state index in [-0.39, 0.29) is 0 Å². The van der Waals surface area contributed by atoms with E-state index >= 15 is 0 Å². The van der Waals surface area contributed by atoms with Crippen LogP contribution in [0.3, 0.4) is 0 Å². The highest BCUT2D eigenvalue weighted by atomic mass is 32.1. The van der Waals surface area contributed by atoms with E-state index in [4.69, 9.17) is 0 Å². The van der Waals surface area contributed by atoms with E-state index in [1.807, 2.05) is 11.3 Å². The molecular formula is C17H25NS. The van der Waals surface area contributed by atoms with Crippen LogP contribution in [-0.4, -0.2) is 6.54 Å². The van der Waals surface area contributed by atoms with E-state index in [0.717, 1.165) is 13.1 Å². The summed E-state index contributed by atoms with van der Waals surface area (Å²) in [7, 11) is 0. The van der Waals surface area contributed by atoms with Gasteiger partial charge in [0.2, 0.25) is 0 Å². The topological polar surface area (TPSA) is 12.0 Å². The zero-order chi connectivity index (χ0) is 14.0. The lowest BCUT2D eigenvalue weighted by Gasteiger charge is -2.10. The molecule has 104 valence electrons. The Morgan fingerprint density at radius 2 is 1.89 bits per heavy atom. The van der Waals surface area contributed by atoms with Crippen LogP contribution >= 0.6 is 11.3 Å². The van der Waals surface area contributed by atoms with Crippen LogP contribution in [0.1, 0.15) is 49.6 Å². The maximum absolute atomic E-state index is 3.59. The average Bonchev–Trinajstić information content (AvgIpc) is 2.68. The number of thiophene rings is 1. The van der Waals surface area contributed by atoms with Crippen molar-refractivity contribution in [2.75, 3.05) is 6.54 Å². The lowest BCUT2D eigenvalue weighted by atomic mass is 9.98. The Morgan fingerprint density at radius 3 is 2.53 bits per heavy atom. The first-order valence-corrected chi connectivity index (χ1v) is 8.04. The minimum atomic E-state index is 0.589. The second-order valence-corrected chi connectivity index (χ2v) is 7.18. The molecule has 0 saturated carbocycles. The van der Waals surface area contributed by atoms with Crippen molar-refractivity contribution in [2.24, 2.45) is 5.92 Å². The monoisotopic (exact) mass is 275 g/mol. The Morgan fingerprint density at radius 1 is 1.16 bits per heavy atom. The van der Waals surface area contributed by atoms with Gasteiger partial charge in [-0.2, -0.15) is 0 Å². The molecule has 0 fully saturated rings. The van der Waals surface area contributed by atoms with Gasteiger partial charge < -0.3 is 5.32 Å². The first kappa shape index (κ1) is 14.5. The first-order chi connectivity index (χ1) is 9.00. The quantitative estimate of drug-likeness (QED) is 0.802. The molecule has 1 nitrogen and oxygen atoms in total. The fraction of sp³-hybridized carbons (Fsp3) is 0.529. The van der Waals surface area contributed by atoms with Gasteiger partial charge in [-0.15, -0.1) is 11.3 Å². The lowest BCUT2D eigenvalue weighted by Crippen LogP contribution is -2.19. The molecule has 2 rings (SSSR count). The van der Waals surface area contributed by atoms with Crippen molar-refractivity contribution in [1.29, 1.82) is 0 Å². The van der Waals surface area contributed by atoms with Gasteiger partial charge in [0.15, 0.2) is 0 Å². The van der Waals surface area contributed by atoms with E-state index < -0.39 is 0 Å². The Kier molecular flexibility index (Phi) is 4.64. The largest absolute Gasteiger partial charge is 0.312 e. The van der Waals surface area contributed by atoms with Gasteiger partial charge in [-0.05, 0) is 41.8 Å². The normalized spacial score (nSPS) is 11.9. The Balaban J connectivity index is 2.36. The third-order valence-electron chi connectivity index (χ3n) is 3.44. The second kappa shape index (κ2) is 6.06. The molecule has 0 unspecified atom stereocenters. The second-order valence-electron chi connectivity index (χ2n) is 6.07. The van der Waals surface area contributed by atoms with Crippen LogP contribution in [0, 0.1) is 12.8 Å². The number of rotatable bonds is 5. The summed E-state index contributed by atoms with van der Waals surface area (Å²) in [5, 5.41) is 5.05. The maximum Gasteiger partial charge on any atom is 0.0378 e. The van der Waals surface area contributed by atoms with Crippen molar-refractivity contribution in [2.45, 2.75) is 47.1 Å². The SMILES string of the molecule is Cc1cccc2c(C(C)C)c(CNCC(C)C)sc12. The van der Waals surface area contributed by atoms with Gasteiger partial charge in [0.1, 0.15) is 0 Å². The molecule has 1 heterocycles. The van der Waals surface area contributed by atoms with E-state index in [2.05, 4.69) is 58.1 Å². The maximum atomic E-state index is 3.59. The molecule has 0 aliphatic heterocycles. The highest BCUT2D eigenvalue weighted by molar-refractivity contribution is 7.19. The summed E-state index contributed by atoms with van der Waals surface area (Å²) in [6, 6.07) is 6.68. The number of hydrogen-bond donors (Lipinski definition) is 1. The summed E-state index contributed by atoms with van der Waals surface area (Å²) in [6.45, 7) is 13.4. The molecule has 19 heavy (non-hydrogen) atoms. The Labute approximate surface area is 121 Å². The Bertz CT molecular complexity index is 552. The van der Waals surface area contributed by atoms with Crippen LogP contribution in [0.4, 0.5) is 0 Å². The molecule has 0 atom stereocenters. The fourth-order valence-electron chi connectivity index (χ4n) is 2.57. The molecule has 1 aromatic heterocycles. The van der Waals surface area contributed by atoms with Crippen LogP contribution in [0.15, 0.2) is 18.2 Å². The van der Waals surface area contributed by atoms with E-state index in [9.17, 15) is 0 Å². The van der Waals surface area contributed by atoms with Crippen molar-refractivity contribution in [3.63, 3.8) is 0 Å². The highest BCUT2D eigenvalue weighted by Gasteiger charge is 2.15. The third-order valence-corrected chi connectivity index (χ3v) is 4.80. The predicted octanol–water partition coefficient (Wildman–Crippen LogP) is 5.08. The Hall–Kier alpha value is -0.860. The average molecular weight is 275 g/mol. The molecule has 2 heteroatoms. The summed E-state index contributed by atoms with van der Waals surface area (Å²) in [5.74, 6) is 1.30. The third kappa shape index (κ3) is 3.18. The molecule has 0 amide bonds. The van der Waals surface area contributed by atoms with Crippen molar-refractivity contribution < 1.29 is 0 Å². The van der Waals surface area contributed by atoms with Crippen LogP contribution in [0.5, 0.6) is 0 Å². The van der Waals surface area contributed by atoms with E-state index in [1.54, 1.807) is 5.56 Å². The summed E-state index contributed by atoms with van der Waals surface area (Å²) >= 11 is 1.97. The standard InChI is InChI=1S/C17H25NS/c1-11(2)9-18-10-15-16(12(3)4)14-8-6-7-13(5)17(14)19-15/h6-8,11-12,18H,9-10H2,1-5H3. The smallest absolute Gasteiger partial charge is 0.0378 e. The molecule has 0 spiro atoms. The minimum absolute atomic E-state index is 0.589. The number of hydrogen-bond acceptors (Lipinski definition) is 2. The summed E-state index contributed by atoms with van der Waals surface area (Å²) in [4.78, 5) is 1.51. The molecule has 0 aliphatic rings. The van der Waals surface area contributed by atoms with Gasteiger partial charge in [-0.1, -0.05) is 45.9 Å². The lowest BCUT2D eigenvalue weighted by molar-refractivity contribution is 0.553. The molecular weight excluding hydrogens is 250 g/mol. The number of fused-ring (bicyclic) bond motifs is 1. The molecule has 2 aromatic rings. The minimum Gasteiger partial charge on any atom is -0.312 e. The number of nitrogens with one attached hydrogen (secondary N) is 1. The molecule has 0 bridgehead atoms. The van der Waals surface area contributed by atoms with E-state index in [1.165, 1.54) is 20.5 Å². The van der Waals surface area contributed by atoms with Crippen molar-refractivity contribution in [3.05, 3.63) is 34.2 Å². The number of benzene rings is 1. The van der Waals surface area contributed by atoms with Crippen LogP contribution < -0.4 is 5.32 Å². The van der Waals surface area contributed by atoms with Gasteiger partial charge in [-0.3, -0.25) is 0 Å². The van der Waals surface area contributed by atoms with Gasteiger partial charge in [0.05, 0.1) is 0 Å². The zero-order valence-corrected chi connectivity index (χ0v) is 13.5. The summed E-state index contributed by atoms with van der Waals surface area (Å²) in [6.07, 6.45) is 0. The highest BCUT2D eigenvalue weighted by Crippen LogP contribution is 2.37. The molecule has 0 aliphatic carbocycles. The van der Waals surface area contributed by atoms with Gasteiger partial charge in [0, 0.05) is 16.1 Å². The fourth-order valence-corrected chi connectivity index (χ4v) is 3.96. The van der Waals surface area contributed by atoms with Gasteiger partial charge in [-0.25, -0.2) is 0 Å². The summed E-state index contributed by atoms with van der Waals surface area (Å²) in [5.41, 5.74) is 2.94. The van der Waals surface area contributed by atoms with Gasteiger partial charge in [0.25, 0.3) is 0 Å². The molecule has 0 saturated heterocycles.